The van der Waals surface area contributed by atoms with Crippen LogP contribution in [0, 0.1) is 13.7 Å². The van der Waals surface area contributed by atoms with E-state index in [4.69, 9.17) is 23.2 Å². The van der Waals surface area contributed by atoms with Crippen LogP contribution in [0.3, 0.4) is 0 Å². The van der Waals surface area contributed by atoms with Crippen LogP contribution in [0.5, 0.6) is 0 Å². The first-order valence-corrected chi connectivity index (χ1v) is 5.10. The Morgan fingerprint density at radius 3 is 2.50 bits per heavy atom. The monoisotopic (exact) mass is 345 g/mol. The molecule has 0 saturated heterocycles. The second-order valence-corrected chi connectivity index (χ2v) is 4.31. The Balaban J connectivity index is 3.52. The number of benzene rings is 1. The van der Waals surface area contributed by atoms with Crippen molar-refractivity contribution in [2.45, 2.75) is 0 Å². The summed E-state index contributed by atoms with van der Waals surface area (Å²) in [6, 6.07) is 2.71. The van der Waals surface area contributed by atoms with Gasteiger partial charge in [0.2, 0.25) is 0 Å². The number of carbonyl (C=O) groups is 1. The molecule has 1 aromatic rings. The predicted molar refractivity (Wildman–Crippen MR) is 61.0 cm³/mol. The standard InChI is InChI=1S/C7H2Cl2INO3/c8-5-2-3(10)1-4(7(9)12)6(5)11(13)14/h1-2H. The number of hydrogen-bond acceptors (Lipinski definition) is 3. The van der Waals surface area contributed by atoms with Crippen LogP contribution in [0.15, 0.2) is 12.1 Å². The van der Waals surface area contributed by atoms with Crippen LogP contribution in [-0.4, -0.2) is 10.2 Å². The molecule has 0 aromatic heterocycles. The van der Waals surface area contributed by atoms with Crippen LogP contribution in [-0.2, 0) is 0 Å². The van der Waals surface area contributed by atoms with Gasteiger partial charge in [0.1, 0.15) is 10.6 Å². The predicted octanol–water partition coefficient (Wildman–Crippen LogP) is 3.23. The molecular weight excluding hydrogens is 344 g/mol. The number of halogens is 3. The van der Waals surface area contributed by atoms with Crippen LogP contribution in [0.1, 0.15) is 10.4 Å². The summed E-state index contributed by atoms with van der Waals surface area (Å²) in [5, 5.41) is 9.58. The third-order valence-corrected chi connectivity index (χ3v) is 2.54. The maximum Gasteiger partial charge on any atom is 0.300 e. The van der Waals surface area contributed by atoms with Crippen LogP contribution in [0.2, 0.25) is 5.02 Å². The summed E-state index contributed by atoms with van der Waals surface area (Å²) in [6.07, 6.45) is 0. The van der Waals surface area contributed by atoms with Gasteiger partial charge in [-0.1, -0.05) is 11.6 Å². The molecule has 74 valence electrons. The van der Waals surface area contributed by atoms with E-state index in [1.165, 1.54) is 12.1 Å². The van der Waals surface area contributed by atoms with Crippen molar-refractivity contribution in [2.24, 2.45) is 0 Å². The molecule has 0 saturated carbocycles. The molecule has 1 aromatic carbocycles. The van der Waals surface area contributed by atoms with Gasteiger partial charge in [0.25, 0.3) is 10.9 Å². The average molecular weight is 346 g/mol. The highest BCUT2D eigenvalue weighted by molar-refractivity contribution is 14.1. The van der Waals surface area contributed by atoms with E-state index in [0.717, 1.165) is 0 Å². The molecule has 1 rings (SSSR count). The lowest BCUT2D eigenvalue weighted by atomic mass is 10.2. The zero-order chi connectivity index (χ0) is 10.9. The molecular formula is C7H2Cl2INO3. The van der Waals surface area contributed by atoms with Gasteiger partial charge in [-0.2, -0.15) is 0 Å². The fraction of sp³-hybridized carbons (Fsp3) is 0. The normalized spacial score (nSPS) is 9.93. The minimum atomic E-state index is -0.892. The lowest BCUT2D eigenvalue weighted by Crippen LogP contribution is -2.00. The quantitative estimate of drug-likeness (QED) is 0.358. The van der Waals surface area contributed by atoms with Crippen LogP contribution in [0.4, 0.5) is 5.69 Å². The Morgan fingerprint density at radius 2 is 2.07 bits per heavy atom. The first kappa shape index (κ1) is 11.7. The van der Waals surface area contributed by atoms with Crippen molar-refractivity contribution in [3.05, 3.63) is 36.4 Å². The second-order valence-electron chi connectivity index (χ2n) is 2.31. The Morgan fingerprint density at radius 1 is 1.50 bits per heavy atom. The van der Waals surface area contributed by atoms with Crippen molar-refractivity contribution >= 4 is 56.7 Å². The van der Waals surface area contributed by atoms with E-state index in [1.54, 1.807) is 0 Å². The number of nitro groups is 1. The van der Waals surface area contributed by atoms with E-state index in [-0.39, 0.29) is 10.6 Å². The van der Waals surface area contributed by atoms with Crippen molar-refractivity contribution in [1.29, 1.82) is 0 Å². The van der Waals surface area contributed by atoms with E-state index in [2.05, 4.69) is 0 Å². The summed E-state index contributed by atoms with van der Waals surface area (Å²) in [6.45, 7) is 0. The van der Waals surface area contributed by atoms with Crippen LogP contribution < -0.4 is 0 Å². The number of carbonyl (C=O) groups excluding carboxylic acids is 1. The molecule has 7 heteroatoms. The van der Waals surface area contributed by atoms with Gasteiger partial charge in [0.05, 0.1) is 4.92 Å². The SMILES string of the molecule is O=C(Cl)c1cc(I)cc(Cl)c1[N+](=O)[O-]. The van der Waals surface area contributed by atoms with E-state index in [9.17, 15) is 14.9 Å². The maximum atomic E-state index is 10.9. The van der Waals surface area contributed by atoms with Gasteiger partial charge < -0.3 is 0 Å². The van der Waals surface area contributed by atoms with Crippen molar-refractivity contribution in [3.8, 4) is 0 Å². The van der Waals surface area contributed by atoms with Crippen LogP contribution in [0.25, 0.3) is 0 Å². The smallest absolute Gasteiger partial charge is 0.275 e. The molecule has 0 aliphatic heterocycles. The maximum absolute atomic E-state index is 10.9. The van der Waals surface area contributed by atoms with Crippen molar-refractivity contribution in [3.63, 3.8) is 0 Å². The molecule has 14 heavy (non-hydrogen) atoms. The lowest BCUT2D eigenvalue weighted by Gasteiger charge is -2.00. The van der Waals surface area contributed by atoms with Gasteiger partial charge in [-0.3, -0.25) is 14.9 Å². The highest BCUT2D eigenvalue weighted by Crippen LogP contribution is 2.31. The summed E-state index contributed by atoms with van der Waals surface area (Å²) in [4.78, 5) is 20.7. The third kappa shape index (κ3) is 2.34. The largest absolute Gasteiger partial charge is 0.300 e. The Labute approximate surface area is 102 Å². The first-order chi connectivity index (χ1) is 6.43. The van der Waals surface area contributed by atoms with Crippen molar-refractivity contribution < 1.29 is 9.72 Å². The summed E-state index contributed by atoms with van der Waals surface area (Å²) in [5.41, 5.74) is -0.638. The molecule has 0 atom stereocenters. The molecule has 4 nitrogen and oxygen atoms in total. The molecule has 0 fully saturated rings. The van der Waals surface area contributed by atoms with Crippen molar-refractivity contribution in [1.82, 2.24) is 0 Å². The summed E-state index contributed by atoms with van der Waals surface area (Å²) in [7, 11) is 0. The zero-order valence-electron chi connectivity index (χ0n) is 6.46. The van der Waals surface area contributed by atoms with Gasteiger partial charge in [-0.15, -0.1) is 0 Å². The Hall–Kier alpha value is -0.400. The van der Waals surface area contributed by atoms with Gasteiger partial charge in [-0.05, 0) is 46.3 Å². The molecule has 0 amide bonds. The summed E-state index contributed by atoms with van der Waals surface area (Å²) < 4.78 is 0.613. The highest BCUT2D eigenvalue weighted by Gasteiger charge is 2.23. The van der Waals surface area contributed by atoms with E-state index in [1.807, 2.05) is 22.6 Å². The summed E-state index contributed by atoms with van der Waals surface area (Å²) >= 11 is 12.7. The molecule has 0 spiro atoms. The minimum absolute atomic E-state index is 0.0918. The highest BCUT2D eigenvalue weighted by atomic mass is 127. The molecule has 0 aliphatic carbocycles. The Bertz CT molecular complexity index is 422. The molecule has 0 unspecified atom stereocenters. The van der Waals surface area contributed by atoms with E-state index < -0.39 is 15.9 Å². The topological polar surface area (TPSA) is 60.2 Å². The first-order valence-electron chi connectivity index (χ1n) is 3.26. The van der Waals surface area contributed by atoms with Gasteiger partial charge in [0, 0.05) is 3.57 Å². The lowest BCUT2D eigenvalue weighted by molar-refractivity contribution is -0.384. The molecule has 0 N–H and O–H groups in total. The Kier molecular flexibility index (Phi) is 3.68. The van der Waals surface area contributed by atoms with Crippen LogP contribution >= 0.6 is 45.8 Å². The van der Waals surface area contributed by atoms with E-state index >= 15 is 0 Å². The third-order valence-electron chi connectivity index (χ3n) is 1.42. The average Bonchev–Trinajstić information content (AvgIpc) is 2.01. The molecule has 0 aliphatic rings. The number of rotatable bonds is 2. The molecule has 0 radical (unpaired) electrons. The number of hydrogen-bond donors (Lipinski definition) is 0. The minimum Gasteiger partial charge on any atom is -0.275 e. The fourth-order valence-electron chi connectivity index (χ4n) is 0.901. The van der Waals surface area contributed by atoms with E-state index in [0.29, 0.717) is 3.57 Å². The number of nitro benzene ring substituents is 1. The number of nitrogens with zero attached hydrogens (tertiary/aromatic N) is 1. The fourth-order valence-corrected chi connectivity index (χ4v) is 2.14. The zero-order valence-corrected chi connectivity index (χ0v) is 10.1. The van der Waals surface area contributed by atoms with Gasteiger partial charge in [-0.25, -0.2) is 0 Å². The molecule has 0 bridgehead atoms. The van der Waals surface area contributed by atoms with Gasteiger partial charge in [0.15, 0.2) is 0 Å². The van der Waals surface area contributed by atoms with Crippen molar-refractivity contribution in [2.75, 3.05) is 0 Å². The van der Waals surface area contributed by atoms with Gasteiger partial charge >= 0.3 is 0 Å². The molecule has 0 heterocycles. The summed E-state index contributed by atoms with van der Waals surface area (Å²) in [5.74, 6) is 0. The second kappa shape index (κ2) is 4.41.